The number of hydrogen-bond donors (Lipinski definition) is 1. The van der Waals surface area contributed by atoms with Crippen LogP contribution in [0.15, 0.2) is 18.2 Å². The Morgan fingerprint density at radius 3 is 2.78 bits per heavy atom. The average Bonchev–Trinajstić information content (AvgIpc) is 2.85. The first kappa shape index (κ1) is 15.6. The molecule has 8 heteroatoms. The van der Waals surface area contributed by atoms with Crippen LogP contribution < -0.4 is 5.32 Å². The zero-order valence-corrected chi connectivity index (χ0v) is 13.8. The van der Waals surface area contributed by atoms with Crippen molar-refractivity contribution in [1.82, 2.24) is 25.0 Å². The van der Waals surface area contributed by atoms with Gasteiger partial charge < -0.3 is 5.32 Å². The highest BCUT2D eigenvalue weighted by Crippen LogP contribution is 2.23. The van der Waals surface area contributed by atoms with Gasteiger partial charge in [-0.2, -0.15) is 0 Å². The summed E-state index contributed by atoms with van der Waals surface area (Å²) in [6.45, 7) is 5.96. The third-order valence-corrected chi connectivity index (χ3v) is 3.62. The molecule has 0 aliphatic rings. The Hall–Kier alpha value is -2.28. The molecule has 1 N–H and O–H groups in total. The van der Waals surface area contributed by atoms with Crippen molar-refractivity contribution in [2.24, 2.45) is 0 Å². The van der Waals surface area contributed by atoms with Crippen molar-refractivity contribution in [3.8, 4) is 0 Å². The molecule has 2 heterocycles. The van der Waals surface area contributed by atoms with E-state index in [2.05, 4.69) is 25.6 Å². The van der Waals surface area contributed by atoms with Crippen molar-refractivity contribution in [2.75, 3.05) is 5.32 Å². The maximum absolute atomic E-state index is 14.0. The molecule has 0 bridgehead atoms. The van der Waals surface area contributed by atoms with E-state index in [0.717, 1.165) is 0 Å². The van der Waals surface area contributed by atoms with Crippen LogP contribution in [0.2, 0.25) is 5.02 Å². The van der Waals surface area contributed by atoms with Crippen LogP contribution in [-0.4, -0.2) is 31.0 Å². The second-order valence-electron chi connectivity index (χ2n) is 5.54. The van der Waals surface area contributed by atoms with Crippen LogP contribution >= 0.6 is 11.6 Å². The Labute approximate surface area is 137 Å². The fraction of sp³-hybridized carbons (Fsp3) is 0.333. The zero-order chi connectivity index (χ0) is 16.6. The third kappa shape index (κ3) is 3.10. The molecule has 0 unspecified atom stereocenters. The first-order valence-corrected chi connectivity index (χ1v) is 7.60. The van der Waals surface area contributed by atoms with E-state index in [9.17, 15) is 4.39 Å². The van der Waals surface area contributed by atoms with Gasteiger partial charge in [-0.25, -0.2) is 19.0 Å². The number of halogens is 2. The molecule has 3 rings (SSSR count). The van der Waals surface area contributed by atoms with E-state index in [1.807, 2.05) is 13.8 Å². The quantitative estimate of drug-likeness (QED) is 0.793. The van der Waals surface area contributed by atoms with Crippen LogP contribution in [-0.2, 0) is 6.54 Å². The molecule has 0 amide bonds. The second-order valence-corrected chi connectivity index (χ2v) is 5.95. The van der Waals surface area contributed by atoms with Gasteiger partial charge in [0, 0.05) is 16.6 Å². The van der Waals surface area contributed by atoms with Crippen LogP contribution in [0.3, 0.4) is 0 Å². The SMILES string of the molecule is Cc1nc(NC(C)C)c2nnn(Cc3c(F)cccc3Cl)c2n1. The smallest absolute Gasteiger partial charge is 0.184 e. The standard InChI is InChI=1S/C15H16ClFN6/c1-8(2)18-14-13-15(20-9(3)19-14)23(22-21-13)7-10-11(16)5-4-6-12(10)17/h4-6,8H,7H2,1-3H3,(H,18,19,20). The van der Waals surface area contributed by atoms with E-state index in [4.69, 9.17) is 11.6 Å². The summed E-state index contributed by atoms with van der Waals surface area (Å²) < 4.78 is 15.5. The highest BCUT2D eigenvalue weighted by molar-refractivity contribution is 6.31. The first-order valence-electron chi connectivity index (χ1n) is 7.23. The van der Waals surface area contributed by atoms with E-state index in [-0.39, 0.29) is 18.4 Å². The molecule has 0 spiro atoms. The predicted octanol–water partition coefficient (Wildman–Crippen LogP) is 3.19. The number of anilines is 1. The van der Waals surface area contributed by atoms with E-state index in [1.54, 1.807) is 19.1 Å². The van der Waals surface area contributed by atoms with Gasteiger partial charge in [-0.3, -0.25) is 0 Å². The Bertz CT molecular complexity index is 840. The molecule has 0 saturated carbocycles. The number of aryl methyl sites for hydroxylation is 1. The third-order valence-electron chi connectivity index (χ3n) is 3.27. The molecule has 3 aromatic rings. The fourth-order valence-electron chi connectivity index (χ4n) is 2.28. The van der Waals surface area contributed by atoms with Gasteiger partial charge in [0.15, 0.2) is 17.0 Å². The number of fused-ring (bicyclic) bond motifs is 1. The van der Waals surface area contributed by atoms with Crippen LogP contribution in [0.5, 0.6) is 0 Å². The Morgan fingerprint density at radius 2 is 2.09 bits per heavy atom. The summed E-state index contributed by atoms with van der Waals surface area (Å²) >= 11 is 6.08. The lowest BCUT2D eigenvalue weighted by Gasteiger charge is -2.10. The first-order chi connectivity index (χ1) is 11.0. The van der Waals surface area contributed by atoms with Crippen molar-refractivity contribution in [1.29, 1.82) is 0 Å². The summed E-state index contributed by atoms with van der Waals surface area (Å²) in [6, 6.07) is 4.77. The Balaban J connectivity index is 2.07. The highest BCUT2D eigenvalue weighted by Gasteiger charge is 2.16. The van der Waals surface area contributed by atoms with E-state index >= 15 is 0 Å². The summed E-state index contributed by atoms with van der Waals surface area (Å²) in [5.41, 5.74) is 1.45. The lowest BCUT2D eigenvalue weighted by molar-refractivity contribution is 0.582. The normalized spacial score (nSPS) is 11.4. The molecule has 0 atom stereocenters. The minimum absolute atomic E-state index is 0.152. The van der Waals surface area contributed by atoms with Crippen molar-refractivity contribution in [3.63, 3.8) is 0 Å². The molecule has 120 valence electrons. The Morgan fingerprint density at radius 1 is 1.30 bits per heavy atom. The van der Waals surface area contributed by atoms with Crippen molar-refractivity contribution in [2.45, 2.75) is 33.4 Å². The molecule has 2 aromatic heterocycles. The van der Waals surface area contributed by atoms with Crippen molar-refractivity contribution < 1.29 is 4.39 Å². The summed E-state index contributed by atoms with van der Waals surface area (Å²) in [7, 11) is 0. The van der Waals surface area contributed by atoms with Gasteiger partial charge in [-0.15, -0.1) is 5.10 Å². The minimum Gasteiger partial charge on any atom is -0.366 e. The van der Waals surface area contributed by atoms with Crippen LogP contribution in [0, 0.1) is 12.7 Å². The predicted molar refractivity (Wildman–Crippen MR) is 87.1 cm³/mol. The molecule has 0 aliphatic carbocycles. The summed E-state index contributed by atoms with van der Waals surface area (Å²) in [5, 5.41) is 11.8. The number of nitrogens with zero attached hydrogens (tertiary/aromatic N) is 5. The summed E-state index contributed by atoms with van der Waals surface area (Å²) in [4.78, 5) is 8.74. The fourth-order valence-corrected chi connectivity index (χ4v) is 2.50. The van der Waals surface area contributed by atoms with E-state index in [1.165, 1.54) is 10.7 Å². The minimum atomic E-state index is -0.382. The zero-order valence-electron chi connectivity index (χ0n) is 13.0. The van der Waals surface area contributed by atoms with Crippen LogP contribution in [0.1, 0.15) is 25.2 Å². The number of hydrogen-bond acceptors (Lipinski definition) is 5. The van der Waals surface area contributed by atoms with E-state index in [0.29, 0.717) is 33.4 Å². The summed E-state index contributed by atoms with van der Waals surface area (Å²) in [6.07, 6.45) is 0. The number of benzene rings is 1. The van der Waals surface area contributed by atoms with Gasteiger partial charge in [-0.05, 0) is 32.9 Å². The molecule has 23 heavy (non-hydrogen) atoms. The van der Waals surface area contributed by atoms with Gasteiger partial charge in [0.05, 0.1) is 6.54 Å². The molecule has 0 saturated heterocycles. The lowest BCUT2D eigenvalue weighted by Crippen LogP contribution is -2.13. The molecule has 0 radical (unpaired) electrons. The molecular weight excluding hydrogens is 319 g/mol. The highest BCUT2D eigenvalue weighted by atomic mass is 35.5. The Kier molecular flexibility index (Phi) is 4.12. The van der Waals surface area contributed by atoms with Gasteiger partial charge in [0.25, 0.3) is 0 Å². The van der Waals surface area contributed by atoms with E-state index < -0.39 is 0 Å². The largest absolute Gasteiger partial charge is 0.366 e. The lowest BCUT2D eigenvalue weighted by atomic mass is 10.2. The molecule has 0 fully saturated rings. The molecular formula is C15H16ClFN6. The molecule has 6 nitrogen and oxygen atoms in total. The van der Waals surface area contributed by atoms with Gasteiger partial charge in [0.1, 0.15) is 11.6 Å². The van der Waals surface area contributed by atoms with Crippen LogP contribution in [0.25, 0.3) is 11.2 Å². The number of aromatic nitrogens is 5. The maximum Gasteiger partial charge on any atom is 0.184 e. The molecule has 0 aliphatic heterocycles. The topological polar surface area (TPSA) is 68.5 Å². The van der Waals surface area contributed by atoms with Crippen LogP contribution in [0.4, 0.5) is 10.2 Å². The average molecular weight is 335 g/mol. The maximum atomic E-state index is 14.0. The number of nitrogens with one attached hydrogen (secondary N) is 1. The van der Waals surface area contributed by atoms with Gasteiger partial charge >= 0.3 is 0 Å². The second kappa shape index (κ2) is 6.08. The van der Waals surface area contributed by atoms with Gasteiger partial charge in [-0.1, -0.05) is 22.9 Å². The van der Waals surface area contributed by atoms with Crippen molar-refractivity contribution in [3.05, 3.63) is 40.4 Å². The van der Waals surface area contributed by atoms with Gasteiger partial charge in [0.2, 0.25) is 0 Å². The number of rotatable bonds is 4. The molecule has 1 aromatic carbocycles. The summed E-state index contributed by atoms with van der Waals surface area (Å²) in [5.74, 6) is 0.824. The van der Waals surface area contributed by atoms with Crippen molar-refractivity contribution >= 4 is 28.6 Å². The monoisotopic (exact) mass is 334 g/mol.